The first-order valence-corrected chi connectivity index (χ1v) is 7.25. The number of H-pyrrole nitrogens is 1. The van der Waals surface area contributed by atoms with Gasteiger partial charge in [0, 0.05) is 18.8 Å². The molecule has 5 heteroatoms. The van der Waals surface area contributed by atoms with Gasteiger partial charge in [-0.05, 0) is 24.8 Å². The van der Waals surface area contributed by atoms with Crippen molar-refractivity contribution in [2.75, 3.05) is 13.2 Å². The zero-order chi connectivity index (χ0) is 14.4. The van der Waals surface area contributed by atoms with Crippen LogP contribution in [0, 0.1) is 5.92 Å². The van der Waals surface area contributed by atoms with Crippen LogP contribution < -0.4 is 10.9 Å². The van der Waals surface area contributed by atoms with Crippen LogP contribution in [0.1, 0.15) is 43.0 Å². The molecule has 1 saturated carbocycles. The summed E-state index contributed by atoms with van der Waals surface area (Å²) in [5.41, 5.74) is 0.242. The summed E-state index contributed by atoms with van der Waals surface area (Å²) in [6.45, 7) is 3.24. The fourth-order valence-corrected chi connectivity index (χ4v) is 2.56. The van der Waals surface area contributed by atoms with Crippen LogP contribution in [0.4, 0.5) is 0 Å². The lowest BCUT2D eigenvalue weighted by molar-refractivity contribution is -0.00294. The van der Waals surface area contributed by atoms with Crippen molar-refractivity contribution in [3.63, 3.8) is 0 Å². The summed E-state index contributed by atoms with van der Waals surface area (Å²) in [5, 5.41) is 2.79. The molecule has 0 aromatic carbocycles. The SMILES string of the molecule is CC1CCCCC1OCCNC(=O)c1ccc(=O)[nH]c1. The number of nitrogens with one attached hydrogen (secondary N) is 2. The molecule has 2 rings (SSSR count). The van der Waals surface area contributed by atoms with E-state index in [2.05, 4.69) is 17.2 Å². The van der Waals surface area contributed by atoms with Crippen LogP contribution in [0.3, 0.4) is 0 Å². The first kappa shape index (κ1) is 14.8. The van der Waals surface area contributed by atoms with E-state index >= 15 is 0 Å². The lowest BCUT2D eigenvalue weighted by atomic mass is 9.88. The van der Waals surface area contributed by atoms with Gasteiger partial charge in [-0.15, -0.1) is 0 Å². The number of hydrogen-bond donors (Lipinski definition) is 2. The Labute approximate surface area is 118 Å². The third-order valence-corrected chi connectivity index (χ3v) is 3.80. The molecule has 1 amide bonds. The Balaban J connectivity index is 1.69. The molecule has 1 aliphatic carbocycles. The van der Waals surface area contributed by atoms with E-state index in [4.69, 9.17) is 4.74 Å². The quantitative estimate of drug-likeness (QED) is 0.805. The predicted octanol–water partition coefficient (Wildman–Crippen LogP) is 1.70. The van der Waals surface area contributed by atoms with Crippen molar-refractivity contribution in [2.45, 2.75) is 38.7 Å². The fraction of sp³-hybridized carbons (Fsp3) is 0.600. The number of carbonyl (C=O) groups excluding carboxylic acids is 1. The molecule has 0 saturated heterocycles. The summed E-state index contributed by atoms with van der Waals surface area (Å²) in [4.78, 5) is 25.2. The van der Waals surface area contributed by atoms with Crippen molar-refractivity contribution in [3.05, 3.63) is 34.2 Å². The maximum atomic E-state index is 11.8. The number of hydrogen-bond acceptors (Lipinski definition) is 3. The highest BCUT2D eigenvalue weighted by Gasteiger charge is 2.21. The Morgan fingerprint density at radius 2 is 2.20 bits per heavy atom. The van der Waals surface area contributed by atoms with Crippen molar-refractivity contribution >= 4 is 5.91 Å². The highest BCUT2D eigenvalue weighted by Crippen LogP contribution is 2.25. The molecule has 2 atom stereocenters. The van der Waals surface area contributed by atoms with Crippen LogP contribution >= 0.6 is 0 Å². The minimum absolute atomic E-state index is 0.193. The molecule has 110 valence electrons. The van der Waals surface area contributed by atoms with Gasteiger partial charge < -0.3 is 15.0 Å². The zero-order valence-corrected chi connectivity index (χ0v) is 11.9. The summed E-state index contributed by atoms with van der Waals surface area (Å²) in [5.74, 6) is 0.417. The number of rotatable bonds is 5. The molecule has 2 N–H and O–H groups in total. The third-order valence-electron chi connectivity index (χ3n) is 3.80. The van der Waals surface area contributed by atoms with Gasteiger partial charge in [0.05, 0.1) is 18.3 Å². The maximum absolute atomic E-state index is 11.8. The molecule has 1 fully saturated rings. The fourth-order valence-electron chi connectivity index (χ4n) is 2.56. The van der Waals surface area contributed by atoms with Crippen molar-refractivity contribution in [3.8, 4) is 0 Å². The van der Waals surface area contributed by atoms with Gasteiger partial charge in [-0.1, -0.05) is 19.8 Å². The van der Waals surface area contributed by atoms with Gasteiger partial charge in [0.1, 0.15) is 0 Å². The Bertz CT molecular complexity index is 478. The van der Waals surface area contributed by atoms with Crippen molar-refractivity contribution in [1.82, 2.24) is 10.3 Å². The lowest BCUT2D eigenvalue weighted by Gasteiger charge is -2.28. The maximum Gasteiger partial charge on any atom is 0.252 e. The lowest BCUT2D eigenvalue weighted by Crippen LogP contribution is -2.32. The Hall–Kier alpha value is -1.62. The number of amides is 1. The van der Waals surface area contributed by atoms with Gasteiger partial charge in [-0.2, -0.15) is 0 Å². The number of carbonyl (C=O) groups is 1. The summed E-state index contributed by atoms with van der Waals surface area (Å²) in [6, 6.07) is 2.85. The molecular formula is C15H22N2O3. The number of aromatic nitrogens is 1. The van der Waals surface area contributed by atoms with E-state index in [-0.39, 0.29) is 11.5 Å². The molecule has 0 radical (unpaired) electrons. The van der Waals surface area contributed by atoms with Gasteiger partial charge in [-0.25, -0.2) is 0 Å². The predicted molar refractivity (Wildman–Crippen MR) is 76.8 cm³/mol. The molecule has 1 heterocycles. The van der Waals surface area contributed by atoms with E-state index in [0.717, 1.165) is 6.42 Å². The highest BCUT2D eigenvalue weighted by atomic mass is 16.5. The van der Waals surface area contributed by atoms with E-state index in [9.17, 15) is 9.59 Å². The van der Waals surface area contributed by atoms with Crippen molar-refractivity contribution in [1.29, 1.82) is 0 Å². The minimum Gasteiger partial charge on any atom is -0.376 e. The van der Waals surface area contributed by atoms with Crippen LogP contribution in [0.5, 0.6) is 0 Å². The van der Waals surface area contributed by atoms with Gasteiger partial charge >= 0.3 is 0 Å². The first-order chi connectivity index (χ1) is 9.66. The monoisotopic (exact) mass is 278 g/mol. The van der Waals surface area contributed by atoms with Gasteiger partial charge in [-0.3, -0.25) is 9.59 Å². The minimum atomic E-state index is -0.212. The van der Waals surface area contributed by atoms with E-state index in [1.807, 2.05) is 0 Å². The van der Waals surface area contributed by atoms with Crippen LogP contribution in [-0.4, -0.2) is 30.1 Å². The second-order valence-electron chi connectivity index (χ2n) is 5.37. The second-order valence-corrected chi connectivity index (χ2v) is 5.37. The summed E-state index contributed by atoms with van der Waals surface area (Å²) >= 11 is 0. The molecule has 2 unspecified atom stereocenters. The van der Waals surface area contributed by atoms with Crippen LogP contribution in [0.25, 0.3) is 0 Å². The molecule has 5 nitrogen and oxygen atoms in total. The Morgan fingerprint density at radius 1 is 1.40 bits per heavy atom. The summed E-state index contributed by atoms with van der Waals surface area (Å²) in [6.07, 6.45) is 6.63. The topological polar surface area (TPSA) is 71.2 Å². The average Bonchev–Trinajstić information content (AvgIpc) is 2.46. The van der Waals surface area contributed by atoms with Crippen LogP contribution in [0.15, 0.2) is 23.1 Å². The molecule has 1 aliphatic rings. The molecule has 0 aliphatic heterocycles. The first-order valence-electron chi connectivity index (χ1n) is 7.25. The molecular weight excluding hydrogens is 256 g/mol. The molecule has 1 aromatic heterocycles. The molecule has 1 aromatic rings. The van der Waals surface area contributed by atoms with E-state index in [1.165, 1.54) is 37.6 Å². The van der Waals surface area contributed by atoms with Crippen LogP contribution in [0.2, 0.25) is 0 Å². The highest BCUT2D eigenvalue weighted by molar-refractivity contribution is 5.93. The van der Waals surface area contributed by atoms with Crippen LogP contribution in [-0.2, 0) is 4.74 Å². The van der Waals surface area contributed by atoms with Gasteiger partial charge in [0.25, 0.3) is 5.91 Å². The Kier molecular flexibility index (Phi) is 5.35. The number of pyridine rings is 1. The second kappa shape index (κ2) is 7.24. The van der Waals surface area contributed by atoms with Gasteiger partial charge in [0.2, 0.25) is 5.56 Å². The van der Waals surface area contributed by atoms with Crippen molar-refractivity contribution < 1.29 is 9.53 Å². The zero-order valence-electron chi connectivity index (χ0n) is 11.9. The van der Waals surface area contributed by atoms with E-state index in [0.29, 0.717) is 30.7 Å². The largest absolute Gasteiger partial charge is 0.376 e. The van der Waals surface area contributed by atoms with E-state index < -0.39 is 0 Å². The number of ether oxygens (including phenoxy) is 1. The molecule has 0 spiro atoms. The van der Waals surface area contributed by atoms with Gasteiger partial charge in [0.15, 0.2) is 0 Å². The van der Waals surface area contributed by atoms with E-state index in [1.54, 1.807) is 0 Å². The Morgan fingerprint density at radius 3 is 2.90 bits per heavy atom. The normalized spacial score (nSPS) is 22.4. The molecule has 20 heavy (non-hydrogen) atoms. The third kappa shape index (κ3) is 4.20. The number of aromatic amines is 1. The smallest absolute Gasteiger partial charge is 0.252 e. The van der Waals surface area contributed by atoms with Crippen molar-refractivity contribution in [2.24, 2.45) is 5.92 Å². The standard InChI is InChI=1S/C15H22N2O3/c1-11-4-2-3-5-13(11)20-9-8-16-15(19)12-6-7-14(18)17-10-12/h6-7,10-11,13H,2-5,8-9H2,1H3,(H,16,19)(H,17,18). The average molecular weight is 278 g/mol. The summed E-state index contributed by atoms with van der Waals surface area (Å²) < 4.78 is 5.83. The molecule has 0 bridgehead atoms. The summed E-state index contributed by atoms with van der Waals surface area (Å²) in [7, 11) is 0.